The van der Waals surface area contributed by atoms with Gasteiger partial charge < -0.3 is 20.3 Å². The van der Waals surface area contributed by atoms with E-state index in [-0.39, 0.29) is 24.1 Å². The Balaban J connectivity index is 1.45. The molecule has 4 rings (SSSR count). The van der Waals surface area contributed by atoms with E-state index in [0.717, 1.165) is 56.1 Å². The van der Waals surface area contributed by atoms with Gasteiger partial charge in [0.1, 0.15) is 0 Å². The second kappa shape index (κ2) is 13.4. The van der Waals surface area contributed by atoms with Crippen LogP contribution < -0.4 is 20.3 Å². The normalized spacial score (nSPS) is 14.7. The molecule has 0 spiro atoms. The Morgan fingerprint density at radius 1 is 0.881 bits per heavy atom. The van der Waals surface area contributed by atoms with Crippen molar-refractivity contribution >= 4 is 23.3 Å². The Labute approximate surface area is 240 Å². The summed E-state index contributed by atoms with van der Waals surface area (Å²) in [5.74, 6) is 0.269. The number of piperazine rings is 1. The first-order chi connectivity index (χ1) is 19.8. The zero-order chi connectivity index (χ0) is 30.3. The maximum atomic E-state index is 13.1. The van der Waals surface area contributed by atoms with Crippen LogP contribution in [0, 0.1) is 5.92 Å². The third-order valence-electron chi connectivity index (χ3n) is 6.55. The second-order valence-electron chi connectivity index (χ2n) is 10.4. The molecule has 42 heavy (non-hydrogen) atoms. The maximum Gasteiger partial charge on any atom is 0.422 e. The number of nitrogens with zero attached hydrogens (tertiary/aromatic N) is 5. The topological polar surface area (TPSA) is 78.4 Å². The van der Waals surface area contributed by atoms with Crippen molar-refractivity contribution in [2.45, 2.75) is 39.2 Å². The molecule has 1 aromatic heterocycles. The summed E-state index contributed by atoms with van der Waals surface area (Å²) < 4.78 is 82.3. The molecule has 1 aliphatic heterocycles. The Morgan fingerprint density at radius 3 is 2.29 bits per heavy atom. The average molecular weight is 598 g/mol. The summed E-state index contributed by atoms with van der Waals surface area (Å²) in [5, 5.41) is 5.54. The molecular weight excluding hydrogens is 564 g/mol. The van der Waals surface area contributed by atoms with Crippen LogP contribution in [-0.4, -0.2) is 65.4 Å². The molecule has 0 saturated carbocycles. The number of ether oxygens (including phenoxy) is 1. The molecule has 0 atom stereocenters. The van der Waals surface area contributed by atoms with Crippen molar-refractivity contribution in [1.82, 2.24) is 19.9 Å². The molecule has 0 unspecified atom stereocenters. The van der Waals surface area contributed by atoms with Gasteiger partial charge in [0.2, 0.25) is 11.9 Å². The predicted molar refractivity (Wildman–Crippen MR) is 148 cm³/mol. The van der Waals surface area contributed by atoms with Gasteiger partial charge in [-0.25, -0.2) is 0 Å². The van der Waals surface area contributed by atoms with Crippen molar-refractivity contribution in [3.8, 4) is 6.01 Å². The van der Waals surface area contributed by atoms with E-state index in [1.54, 1.807) is 0 Å². The number of aromatic nitrogens is 3. The number of hydrogen-bond donors (Lipinski definition) is 2. The van der Waals surface area contributed by atoms with E-state index in [9.17, 15) is 26.3 Å². The summed E-state index contributed by atoms with van der Waals surface area (Å²) >= 11 is 0. The molecule has 1 aliphatic rings. The Hall–Kier alpha value is -3.81. The van der Waals surface area contributed by atoms with Gasteiger partial charge in [0.15, 0.2) is 6.61 Å². The van der Waals surface area contributed by atoms with Crippen LogP contribution in [0.25, 0.3) is 0 Å². The largest absolute Gasteiger partial charge is 0.454 e. The van der Waals surface area contributed by atoms with Crippen LogP contribution in [0.5, 0.6) is 6.01 Å². The summed E-state index contributed by atoms with van der Waals surface area (Å²) in [6.45, 7) is 7.85. The Bertz CT molecular complexity index is 1310. The first kappa shape index (κ1) is 31.1. The Kier molecular flexibility index (Phi) is 9.97. The van der Waals surface area contributed by atoms with Crippen LogP contribution in [0.4, 0.5) is 49.6 Å². The van der Waals surface area contributed by atoms with Gasteiger partial charge >= 0.3 is 18.4 Å². The first-order valence-electron chi connectivity index (χ1n) is 13.5. The number of alkyl halides is 6. The molecule has 0 aliphatic carbocycles. The molecular formula is C28H33F6N7O. The number of benzene rings is 2. The van der Waals surface area contributed by atoms with E-state index in [2.05, 4.69) is 49.2 Å². The lowest BCUT2D eigenvalue weighted by Crippen LogP contribution is -2.46. The highest BCUT2D eigenvalue weighted by Gasteiger charge is 2.31. The van der Waals surface area contributed by atoms with Gasteiger partial charge in [-0.05, 0) is 54.8 Å². The molecule has 8 nitrogen and oxygen atoms in total. The lowest BCUT2D eigenvalue weighted by atomic mass is 10.1. The highest BCUT2D eigenvalue weighted by molar-refractivity contribution is 5.56. The van der Waals surface area contributed by atoms with Gasteiger partial charge in [-0.3, -0.25) is 4.90 Å². The number of nitrogens with one attached hydrogen (secondary N) is 2. The fourth-order valence-corrected chi connectivity index (χ4v) is 4.32. The molecule has 2 N–H and O–H groups in total. The van der Waals surface area contributed by atoms with Crippen LogP contribution in [0.2, 0.25) is 0 Å². The van der Waals surface area contributed by atoms with Gasteiger partial charge in [0, 0.05) is 44.1 Å². The standard InChI is InChI=1S/C28H33F6N7O/c1-19(2)9-10-40-11-13-41(14-12-40)23-8-3-5-20(15-23)17-35-24-37-25(39-26(38-24)42-18-27(29,30)31)36-22-7-4-6-21(16-22)28(32,33)34/h3-8,15-16,19H,9-14,17-18H2,1-2H3,(H2,35,36,37,38,39). The molecule has 2 heterocycles. The summed E-state index contributed by atoms with van der Waals surface area (Å²) in [6.07, 6.45) is -8.06. The van der Waals surface area contributed by atoms with Crippen molar-refractivity contribution in [2.75, 3.05) is 54.9 Å². The third kappa shape index (κ3) is 9.64. The average Bonchev–Trinajstić information content (AvgIpc) is 2.94. The van der Waals surface area contributed by atoms with Crippen LogP contribution >= 0.6 is 0 Å². The zero-order valence-corrected chi connectivity index (χ0v) is 23.3. The summed E-state index contributed by atoms with van der Waals surface area (Å²) in [5.41, 5.74) is 1.00. The number of halogens is 6. The quantitative estimate of drug-likeness (QED) is 0.248. The van der Waals surface area contributed by atoms with Gasteiger partial charge in [0.25, 0.3) is 0 Å². The highest BCUT2D eigenvalue weighted by Crippen LogP contribution is 2.31. The van der Waals surface area contributed by atoms with Crippen LogP contribution in [0.15, 0.2) is 48.5 Å². The number of rotatable bonds is 11. The van der Waals surface area contributed by atoms with E-state index in [4.69, 9.17) is 4.74 Å². The SMILES string of the molecule is CC(C)CCN1CCN(c2cccc(CNc3nc(Nc4cccc(C(F)(F)F)c4)nc(OCC(F)(F)F)n3)c2)CC1. The smallest absolute Gasteiger partial charge is 0.422 e. The monoisotopic (exact) mass is 597 g/mol. The van der Waals surface area contributed by atoms with Crippen molar-refractivity contribution in [2.24, 2.45) is 5.92 Å². The lowest BCUT2D eigenvalue weighted by molar-refractivity contribution is -0.154. The van der Waals surface area contributed by atoms with Crippen molar-refractivity contribution in [3.05, 3.63) is 59.7 Å². The fraction of sp³-hybridized carbons (Fsp3) is 0.464. The third-order valence-corrected chi connectivity index (χ3v) is 6.55. The molecule has 14 heteroatoms. The molecule has 1 fully saturated rings. The van der Waals surface area contributed by atoms with E-state index in [1.165, 1.54) is 18.6 Å². The second-order valence-corrected chi connectivity index (χ2v) is 10.4. The summed E-state index contributed by atoms with van der Waals surface area (Å²) in [7, 11) is 0. The maximum absolute atomic E-state index is 13.1. The van der Waals surface area contributed by atoms with Gasteiger partial charge in [-0.15, -0.1) is 0 Å². The van der Waals surface area contributed by atoms with Crippen LogP contribution in [-0.2, 0) is 12.7 Å². The number of hydrogen-bond acceptors (Lipinski definition) is 8. The first-order valence-corrected chi connectivity index (χ1v) is 13.5. The molecule has 1 saturated heterocycles. The summed E-state index contributed by atoms with van der Waals surface area (Å²) in [6, 6.07) is 11.5. The van der Waals surface area contributed by atoms with E-state index < -0.39 is 30.5 Å². The van der Waals surface area contributed by atoms with Crippen LogP contribution in [0.3, 0.4) is 0 Å². The minimum atomic E-state index is -4.64. The molecule has 0 bridgehead atoms. The molecule has 2 aromatic carbocycles. The van der Waals surface area contributed by atoms with Crippen molar-refractivity contribution < 1.29 is 31.1 Å². The minimum Gasteiger partial charge on any atom is -0.454 e. The van der Waals surface area contributed by atoms with E-state index in [1.807, 2.05) is 24.3 Å². The molecule has 0 radical (unpaired) electrons. The predicted octanol–water partition coefficient (Wildman–Crippen LogP) is 6.36. The minimum absolute atomic E-state index is 0.0132. The van der Waals surface area contributed by atoms with Crippen molar-refractivity contribution in [3.63, 3.8) is 0 Å². The fourth-order valence-electron chi connectivity index (χ4n) is 4.32. The highest BCUT2D eigenvalue weighted by atomic mass is 19.4. The van der Waals surface area contributed by atoms with Gasteiger partial charge in [-0.1, -0.05) is 32.0 Å². The van der Waals surface area contributed by atoms with Gasteiger partial charge in [0.05, 0.1) is 5.56 Å². The number of anilines is 4. The zero-order valence-electron chi connectivity index (χ0n) is 23.3. The summed E-state index contributed by atoms with van der Waals surface area (Å²) in [4.78, 5) is 16.6. The van der Waals surface area contributed by atoms with Crippen molar-refractivity contribution in [1.29, 1.82) is 0 Å². The van der Waals surface area contributed by atoms with Gasteiger partial charge in [-0.2, -0.15) is 41.3 Å². The van der Waals surface area contributed by atoms with E-state index >= 15 is 0 Å². The molecule has 228 valence electrons. The molecule has 0 amide bonds. The lowest BCUT2D eigenvalue weighted by Gasteiger charge is -2.36. The van der Waals surface area contributed by atoms with E-state index in [0.29, 0.717) is 5.92 Å². The molecule has 3 aromatic rings. The Morgan fingerprint density at radius 2 is 1.60 bits per heavy atom. The van der Waals surface area contributed by atoms with Crippen LogP contribution in [0.1, 0.15) is 31.4 Å².